The number of primary amides is 1. The quantitative estimate of drug-likeness (QED) is 0.367. The highest BCUT2D eigenvalue weighted by Gasteiger charge is 2.53. The second-order valence-electron chi connectivity index (χ2n) is 13.5. The number of nitrogens with two attached hydrogens (primary N) is 1. The number of likely N-dealkylation sites (tertiary alicyclic amines) is 1. The Kier molecular flexibility index (Phi) is 8.86. The molecule has 226 valence electrons. The molecule has 0 aromatic carbocycles. The van der Waals surface area contributed by atoms with E-state index in [2.05, 4.69) is 10.6 Å². The third-order valence-electron chi connectivity index (χ3n) is 8.42. The number of rotatable bonds is 7. The van der Waals surface area contributed by atoms with E-state index in [1.165, 1.54) is 25.7 Å². The maximum absolute atomic E-state index is 13.8. The Labute approximate surface area is 232 Å². The number of hydrogen-bond acceptors (Lipinski definition) is 5. The first-order chi connectivity index (χ1) is 18.2. The highest BCUT2D eigenvalue weighted by molar-refractivity contribution is 5.95. The van der Waals surface area contributed by atoms with E-state index < -0.39 is 70.2 Å². The second-order valence-corrected chi connectivity index (χ2v) is 13.5. The van der Waals surface area contributed by atoms with Crippen molar-refractivity contribution in [1.82, 2.24) is 20.9 Å². The van der Waals surface area contributed by atoms with Gasteiger partial charge in [0.15, 0.2) is 0 Å². The summed E-state index contributed by atoms with van der Waals surface area (Å²) in [5.41, 5.74) is 3.62. The smallest absolute Gasteiger partial charge is 0.368 e. The summed E-state index contributed by atoms with van der Waals surface area (Å²) < 4.78 is 39.4. The first-order valence-electron chi connectivity index (χ1n) is 13.8. The molecule has 10 nitrogen and oxygen atoms in total. The Morgan fingerprint density at radius 3 is 2.12 bits per heavy atom. The number of nitrogens with zero attached hydrogens (tertiary/aromatic N) is 1. The molecule has 13 heteroatoms. The Bertz CT molecular complexity index is 1030. The van der Waals surface area contributed by atoms with Crippen molar-refractivity contribution >= 4 is 29.5 Å². The maximum atomic E-state index is 13.8. The van der Waals surface area contributed by atoms with Crippen LogP contribution < -0.4 is 21.7 Å². The van der Waals surface area contributed by atoms with Crippen molar-refractivity contribution < 1.29 is 37.1 Å². The fraction of sp³-hybridized carbons (Fsp3) is 0.815. The minimum atomic E-state index is -5.19. The molecule has 1 saturated carbocycles. The number of halogens is 3. The van der Waals surface area contributed by atoms with Gasteiger partial charge < -0.3 is 26.6 Å². The molecule has 5 amide bonds. The molecule has 0 bridgehead atoms. The van der Waals surface area contributed by atoms with E-state index in [-0.39, 0.29) is 25.3 Å². The third-order valence-corrected chi connectivity index (χ3v) is 8.42. The molecule has 2 aliphatic heterocycles. The normalized spacial score (nSPS) is 25.7. The lowest BCUT2D eigenvalue weighted by Gasteiger charge is -2.37. The lowest BCUT2D eigenvalue weighted by Crippen LogP contribution is -2.60. The van der Waals surface area contributed by atoms with Crippen LogP contribution in [-0.2, 0) is 24.0 Å². The lowest BCUT2D eigenvalue weighted by atomic mass is 9.72. The van der Waals surface area contributed by atoms with Gasteiger partial charge in [-0.3, -0.25) is 24.0 Å². The van der Waals surface area contributed by atoms with Crippen molar-refractivity contribution in [3.63, 3.8) is 0 Å². The van der Waals surface area contributed by atoms with Gasteiger partial charge >= 0.3 is 12.1 Å². The van der Waals surface area contributed by atoms with Crippen molar-refractivity contribution in [2.24, 2.45) is 22.5 Å². The van der Waals surface area contributed by atoms with Crippen LogP contribution in [0.5, 0.6) is 0 Å². The van der Waals surface area contributed by atoms with Crippen LogP contribution in [0.25, 0.3) is 0 Å². The molecule has 1 aliphatic carbocycles. The molecule has 0 radical (unpaired) electrons. The van der Waals surface area contributed by atoms with Crippen LogP contribution in [0.15, 0.2) is 0 Å². The Morgan fingerprint density at radius 2 is 1.65 bits per heavy atom. The van der Waals surface area contributed by atoms with Crippen LogP contribution >= 0.6 is 0 Å². The lowest BCUT2D eigenvalue weighted by molar-refractivity contribution is -0.176. The molecule has 2 heterocycles. The van der Waals surface area contributed by atoms with Gasteiger partial charge in [0.25, 0.3) is 0 Å². The summed E-state index contributed by atoms with van der Waals surface area (Å²) in [5.74, 6) is -5.33. The fourth-order valence-electron chi connectivity index (χ4n) is 6.40. The number of carbonyl (C=O) groups excluding carboxylic acids is 5. The van der Waals surface area contributed by atoms with E-state index in [1.54, 1.807) is 0 Å². The van der Waals surface area contributed by atoms with E-state index >= 15 is 0 Å². The van der Waals surface area contributed by atoms with Crippen LogP contribution in [0.2, 0.25) is 0 Å². The summed E-state index contributed by atoms with van der Waals surface area (Å²) in [7, 11) is 0. The number of hydrogen-bond donors (Lipinski definition) is 4. The molecule has 0 aromatic heterocycles. The molecule has 1 unspecified atom stereocenters. The molecular formula is C27H42F3N5O5. The van der Waals surface area contributed by atoms with Gasteiger partial charge in [-0.15, -0.1) is 0 Å². The summed E-state index contributed by atoms with van der Waals surface area (Å²) in [4.78, 5) is 65.3. The zero-order valence-electron chi connectivity index (χ0n) is 23.9. The summed E-state index contributed by atoms with van der Waals surface area (Å²) >= 11 is 0. The van der Waals surface area contributed by atoms with Gasteiger partial charge in [-0.05, 0) is 56.8 Å². The Morgan fingerprint density at radius 1 is 1.05 bits per heavy atom. The van der Waals surface area contributed by atoms with Crippen LogP contribution in [0.4, 0.5) is 13.2 Å². The van der Waals surface area contributed by atoms with E-state index in [0.717, 1.165) is 32.1 Å². The molecule has 40 heavy (non-hydrogen) atoms. The van der Waals surface area contributed by atoms with E-state index in [1.807, 2.05) is 19.2 Å². The minimum absolute atomic E-state index is 0.0194. The van der Waals surface area contributed by atoms with Gasteiger partial charge in [0.2, 0.25) is 23.6 Å². The van der Waals surface area contributed by atoms with Crippen LogP contribution in [0.3, 0.4) is 0 Å². The molecule has 3 fully saturated rings. The predicted octanol–water partition coefficient (Wildman–Crippen LogP) is 1.91. The molecule has 4 atom stereocenters. The highest BCUT2D eigenvalue weighted by Crippen LogP contribution is 2.47. The Hall–Kier alpha value is -2.86. The standard InChI is InChI=1S/C27H42F3N5O5/c1-24(2,3)18(33-23(40)27(28,29)30)22(39)35-14-26(9-7-6-8-10-26)13-17(35)21(38)32-16(19(31)36)11-15-12-25(4,5)34-20(15)37/h15-18H,6-14H2,1-5H3,(H2,31,36)(H,32,38)(H,33,40)(H,34,37)/t15-,16+,17+,18?/m1/s1. The average molecular weight is 574 g/mol. The zero-order chi connectivity index (χ0) is 30.3. The molecule has 2 saturated heterocycles. The monoisotopic (exact) mass is 573 g/mol. The average Bonchev–Trinajstić information content (AvgIpc) is 3.30. The van der Waals surface area contributed by atoms with Crippen molar-refractivity contribution in [2.45, 2.75) is 116 Å². The predicted molar refractivity (Wildman–Crippen MR) is 139 cm³/mol. The Balaban J connectivity index is 1.87. The minimum Gasteiger partial charge on any atom is -0.368 e. The van der Waals surface area contributed by atoms with Crippen molar-refractivity contribution in [3.8, 4) is 0 Å². The number of amides is 5. The summed E-state index contributed by atoms with van der Waals surface area (Å²) in [6, 6.07) is -3.80. The molecule has 3 aliphatic rings. The SMILES string of the molecule is CC1(C)C[C@@H](C[C@H](NC(=O)[C@@H]2CC3(CCCCC3)CN2C(=O)C(NC(=O)C(F)(F)F)C(C)(C)C)C(N)=O)C(=O)N1. The van der Waals surface area contributed by atoms with Crippen molar-refractivity contribution in [1.29, 1.82) is 0 Å². The highest BCUT2D eigenvalue weighted by atomic mass is 19.4. The number of alkyl halides is 3. The van der Waals surface area contributed by atoms with Gasteiger partial charge in [-0.25, -0.2) is 0 Å². The third kappa shape index (κ3) is 7.25. The topological polar surface area (TPSA) is 151 Å². The molecule has 3 rings (SSSR count). The molecule has 5 N–H and O–H groups in total. The van der Waals surface area contributed by atoms with Crippen LogP contribution in [0, 0.1) is 16.7 Å². The fourth-order valence-corrected chi connectivity index (χ4v) is 6.40. The van der Waals surface area contributed by atoms with Gasteiger partial charge in [0.05, 0.1) is 0 Å². The summed E-state index contributed by atoms with van der Waals surface area (Å²) in [6.07, 6.45) is -0.228. The zero-order valence-corrected chi connectivity index (χ0v) is 23.9. The number of carbonyl (C=O) groups is 5. The molecular weight excluding hydrogens is 531 g/mol. The van der Waals surface area contributed by atoms with E-state index in [4.69, 9.17) is 5.73 Å². The van der Waals surface area contributed by atoms with Gasteiger partial charge in [-0.2, -0.15) is 13.2 Å². The van der Waals surface area contributed by atoms with E-state index in [0.29, 0.717) is 6.42 Å². The van der Waals surface area contributed by atoms with Gasteiger partial charge in [-0.1, -0.05) is 40.0 Å². The van der Waals surface area contributed by atoms with Crippen molar-refractivity contribution in [2.75, 3.05) is 6.54 Å². The van der Waals surface area contributed by atoms with Crippen LogP contribution in [-0.4, -0.2) is 70.8 Å². The molecule has 1 spiro atoms. The first-order valence-corrected chi connectivity index (χ1v) is 13.8. The molecule has 0 aromatic rings. The largest absolute Gasteiger partial charge is 0.471 e. The first kappa shape index (κ1) is 31.7. The second kappa shape index (κ2) is 11.2. The maximum Gasteiger partial charge on any atom is 0.471 e. The van der Waals surface area contributed by atoms with Crippen molar-refractivity contribution in [3.05, 3.63) is 0 Å². The van der Waals surface area contributed by atoms with Gasteiger partial charge in [0, 0.05) is 18.0 Å². The van der Waals surface area contributed by atoms with Crippen LogP contribution in [0.1, 0.15) is 86.0 Å². The van der Waals surface area contributed by atoms with E-state index in [9.17, 15) is 37.1 Å². The summed E-state index contributed by atoms with van der Waals surface area (Å²) in [6.45, 7) is 8.44. The number of nitrogens with one attached hydrogen (secondary N) is 3. The summed E-state index contributed by atoms with van der Waals surface area (Å²) in [5, 5.41) is 7.31. The van der Waals surface area contributed by atoms with Gasteiger partial charge in [0.1, 0.15) is 18.1 Å².